The van der Waals surface area contributed by atoms with E-state index in [0.29, 0.717) is 0 Å². The van der Waals surface area contributed by atoms with Crippen molar-refractivity contribution in [3.63, 3.8) is 0 Å². The van der Waals surface area contributed by atoms with Crippen LogP contribution in [-0.4, -0.2) is 20.0 Å². The van der Waals surface area contributed by atoms with Crippen molar-refractivity contribution in [1.29, 1.82) is 0 Å². The zero-order valence-corrected chi connectivity index (χ0v) is 15.6. The number of methoxy groups -OCH3 is 2. The predicted molar refractivity (Wildman–Crippen MR) is 92.7 cm³/mol. The molecule has 0 aromatic rings. The Bertz CT molecular complexity index is 236. The van der Waals surface area contributed by atoms with Gasteiger partial charge in [-0.05, 0) is 12.8 Å². The molecular formula is C19H40O2. The van der Waals surface area contributed by atoms with Crippen LogP contribution in [0.4, 0.5) is 0 Å². The average Bonchev–Trinajstić information content (AvgIpc) is 2.48. The van der Waals surface area contributed by atoms with E-state index in [1.54, 1.807) is 0 Å². The minimum Gasteiger partial charge on any atom is -0.353 e. The Kier molecular flexibility index (Phi) is 11.4. The topological polar surface area (TPSA) is 18.5 Å². The molecule has 0 spiro atoms. The van der Waals surface area contributed by atoms with Gasteiger partial charge in [-0.3, -0.25) is 0 Å². The smallest absolute Gasteiger partial charge is 0.172 e. The molecule has 0 radical (unpaired) electrons. The lowest BCUT2D eigenvalue weighted by Gasteiger charge is -2.47. The van der Waals surface area contributed by atoms with Gasteiger partial charge in [0.1, 0.15) is 0 Å². The highest BCUT2D eigenvalue weighted by Crippen LogP contribution is 2.46. The Morgan fingerprint density at radius 1 is 0.619 bits per heavy atom. The number of rotatable bonds is 14. The second kappa shape index (κ2) is 11.5. The number of hydrogen-bond acceptors (Lipinski definition) is 2. The fraction of sp³-hybridized carbons (Fsp3) is 1.00. The third-order valence-electron chi connectivity index (χ3n) is 5.04. The highest BCUT2D eigenvalue weighted by atomic mass is 16.7. The molecule has 0 saturated carbocycles. The van der Waals surface area contributed by atoms with E-state index in [2.05, 4.69) is 27.7 Å². The van der Waals surface area contributed by atoms with Crippen LogP contribution in [0.5, 0.6) is 0 Å². The fourth-order valence-electron chi connectivity index (χ4n) is 3.76. The normalized spacial score (nSPS) is 15.1. The van der Waals surface area contributed by atoms with Crippen LogP contribution in [0.3, 0.4) is 0 Å². The maximum atomic E-state index is 5.92. The molecule has 0 fully saturated rings. The summed E-state index contributed by atoms with van der Waals surface area (Å²) in [5, 5.41) is 0. The van der Waals surface area contributed by atoms with Crippen LogP contribution in [0.1, 0.15) is 98.3 Å². The van der Waals surface area contributed by atoms with Gasteiger partial charge < -0.3 is 9.47 Å². The standard InChI is InChI=1S/C19H40O2/c1-7-10-11-12-13-14-17-18(4,15-8-2)19(20-5,21-6)16-9-3/h7-17H2,1-6H3. The van der Waals surface area contributed by atoms with Crippen LogP contribution in [-0.2, 0) is 9.47 Å². The number of ether oxygens (including phenoxy) is 2. The van der Waals surface area contributed by atoms with E-state index < -0.39 is 5.79 Å². The van der Waals surface area contributed by atoms with Gasteiger partial charge in [0.2, 0.25) is 0 Å². The molecule has 1 atom stereocenters. The minimum atomic E-state index is -0.415. The molecule has 0 aliphatic carbocycles. The Hall–Kier alpha value is -0.0800. The molecule has 0 bridgehead atoms. The van der Waals surface area contributed by atoms with Gasteiger partial charge in [0, 0.05) is 26.1 Å². The van der Waals surface area contributed by atoms with Gasteiger partial charge in [-0.2, -0.15) is 0 Å². The summed E-state index contributed by atoms with van der Waals surface area (Å²) in [6.45, 7) is 9.12. The first-order valence-corrected chi connectivity index (χ1v) is 9.16. The van der Waals surface area contributed by atoms with Crippen LogP contribution in [0.2, 0.25) is 0 Å². The van der Waals surface area contributed by atoms with E-state index >= 15 is 0 Å². The molecule has 0 heterocycles. The van der Waals surface area contributed by atoms with Crippen molar-refractivity contribution in [1.82, 2.24) is 0 Å². The minimum absolute atomic E-state index is 0.117. The lowest BCUT2D eigenvalue weighted by atomic mass is 9.71. The first-order valence-electron chi connectivity index (χ1n) is 9.16. The lowest BCUT2D eigenvalue weighted by Crippen LogP contribution is -2.49. The van der Waals surface area contributed by atoms with Gasteiger partial charge in [-0.1, -0.05) is 79.1 Å². The summed E-state index contributed by atoms with van der Waals surface area (Å²) < 4.78 is 11.8. The van der Waals surface area contributed by atoms with Crippen molar-refractivity contribution in [2.24, 2.45) is 5.41 Å². The highest BCUT2D eigenvalue weighted by molar-refractivity contribution is 4.90. The summed E-state index contributed by atoms with van der Waals surface area (Å²) in [5.74, 6) is -0.415. The molecule has 2 heteroatoms. The maximum absolute atomic E-state index is 5.92. The van der Waals surface area contributed by atoms with Crippen LogP contribution >= 0.6 is 0 Å². The van der Waals surface area contributed by atoms with Crippen molar-refractivity contribution in [3.8, 4) is 0 Å². The van der Waals surface area contributed by atoms with E-state index in [1.807, 2.05) is 14.2 Å². The molecule has 0 aliphatic heterocycles. The van der Waals surface area contributed by atoms with Gasteiger partial charge in [-0.25, -0.2) is 0 Å². The summed E-state index contributed by atoms with van der Waals surface area (Å²) >= 11 is 0. The second-order valence-corrected chi connectivity index (χ2v) is 6.74. The van der Waals surface area contributed by atoms with Gasteiger partial charge >= 0.3 is 0 Å². The first kappa shape index (κ1) is 20.9. The lowest BCUT2D eigenvalue weighted by molar-refractivity contribution is -0.280. The van der Waals surface area contributed by atoms with E-state index in [0.717, 1.165) is 12.8 Å². The average molecular weight is 301 g/mol. The summed E-state index contributed by atoms with van der Waals surface area (Å²) in [6.07, 6.45) is 13.7. The Morgan fingerprint density at radius 3 is 1.62 bits per heavy atom. The number of unbranched alkanes of at least 4 members (excludes halogenated alkanes) is 5. The van der Waals surface area contributed by atoms with Crippen molar-refractivity contribution < 1.29 is 9.47 Å². The van der Waals surface area contributed by atoms with E-state index in [9.17, 15) is 0 Å². The van der Waals surface area contributed by atoms with Crippen LogP contribution in [0.15, 0.2) is 0 Å². The molecule has 0 rings (SSSR count). The van der Waals surface area contributed by atoms with Gasteiger partial charge in [-0.15, -0.1) is 0 Å². The summed E-state index contributed by atoms with van der Waals surface area (Å²) in [5.41, 5.74) is 0.117. The third kappa shape index (κ3) is 6.28. The monoisotopic (exact) mass is 300 g/mol. The molecule has 0 N–H and O–H groups in total. The zero-order chi connectivity index (χ0) is 16.2. The van der Waals surface area contributed by atoms with Crippen LogP contribution < -0.4 is 0 Å². The van der Waals surface area contributed by atoms with E-state index in [4.69, 9.17) is 9.47 Å². The number of hydrogen-bond donors (Lipinski definition) is 0. The Labute approximate surface area is 134 Å². The van der Waals surface area contributed by atoms with Gasteiger partial charge in [0.05, 0.1) is 0 Å². The van der Waals surface area contributed by atoms with Crippen molar-refractivity contribution in [3.05, 3.63) is 0 Å². The van der Waals surface area contributed by atoms with E-state index in [-0.39, 0.29) is 5.41 Å². The summed E-state index contributed by atoms with van der Waals surface area (Å²) in [6, 6.07) is 0. The third-order valence-corrected chi connectivity index (χ3v) is 5.04. The Balaban J connectivity index is 4.63. The molecule has 0 amide bonds. The largest absolute Gasteiger partial charge is 0.353 e. The molecule has 21 heavy (non-hydrogen) atoms. The molecular weight excluding hydrogens is 260 g/mol. The quantitative estimate of drug-likeness (QED) is 0.275. The molecule has 1 unspecified atom stereocenters. The van der Waals surface area contributed by atoms with Gasteiger partial charge in [0.25, 0.3) is 0 Å². The summed E-state index contributed by atoms with van der Waals surface area (Å²) in [7, 11) is 3.63. The van der Waals surface area contributed by atoms with Gasteiger partial charge in [0.15, 0.2) is 5.79 Å². The van der Waals surface area contributed by atoms with Crippen molar-refractivity contribution in [2.45, 2.75) is 104 Å². The van der Waals surface area contributed by atoms with E-state index in [1.165, 1.54) is 57.8 Å². The molecule has 0 saturated heterocycles. The molecule has 0 aliphatic rings. The fourth-order valence-corrected chi connectivity index (χ4v) is 3.76. The SMILES string of the molecule is CCCCCCCCC(C)(CCC)C(CCC)(OC)OC. The van der Waals surface area contributed by atoms with Crippen LogP contribution in [0.25, 0.3) is 0 Å². The predicted octanol–water partition coefficient (Wildman–Crippen LogP) is 6.33. The van der Waals surface area contributed by atoms with Crippen LogP contribution in [0, 0.1) is 5.41 Å². The Morgan fingerprint density at radius 2 is 1.14 bits per heavy atom. The molecule has 2 nitrogen and oxygen atoms in total. The highest BCUT2D eigenvalue weighted by Gasteiger charge is 2.47. The molecule has 0 aromatic heterocycles. The molecule has 0 aromatic carbocycles. The maximum Gasteiger partial charge on any atom is 0.172 e. The first-order chi connectivity index (χ1) is 10.1. The second-order valence-electron chi connectivity index (χ2n) is 6.74. The summed E-state index contributed by atoms with van der Waals surface area (Å²) in [4.78, 5) is 0. The molecule has 128 valence electrons. The zero-order valence-electron chi connectivity index (χ0n) is 15.6. The van der Waals surface area contributed by atoms with Crippen molar-refractivity contribution in [2.75, 3.05) is 14.2 Å². The van der Waals surface area contributed by atoms with Crippen molar-refractivity contribution >= 4 is 0 Å².